The van der Waals surface area contributed by atoms with Crippen molar-refractivity contribution in [1.82, 2.24) is 15.2 Å². The van der Waals surface area contributed by atoms with Crippen LogP contribution >= 0.6 is 23.2 Å². The molecule has 0 radical (unpaired) electrons. The van der Waals surface area contributed by atoms with Gasteiger partial charge in [-0.1, -0.05) is 65.7 Å². The average Bonchev–Trinajstić information content (AvgIpc) is 2.94. The Hall–Kier alpha value is -3.46. The summed E-state index contributed by atoms with van der Waals surface area (Å²) >= 11 is 12.1. The number of rotatable bonds is 9. The predicted octanol–water partition coefficient (Wildman–Crippen LogP) is 5.20. The third-order valence-corrected chi connectivity index (χ3v) is 8.41. The molecule has 1 aliphatic carbocycles. The van der Waals surface area contributed by atoms with Crippen LogP contribution in [0.2, 0.25) is 10.0 Å². The second-order valence-electron chi connectivity index (χ2n) is 10.4. The fourth-order valence-corrected chi connectivity index (χ4v) is 6.41. The van der Waals surface area contributed by atoms with Crippen molar-refractivity contribution in [3.63, 3.8) is 0 Å². The second kappa shape index (κ2) is 12.4. The van der Waals surface area contributed by atoms with E-state index in [0.29, 0.717) is 23.8 Å². The number of hydrogen-bond acceptors (Lipinski definition) is 5. The summed E-state index contributed by atoms with van der Waals surface area (Å²) in [5.41, 5.74) is 2.46. The highest BCUT2D eigenvalue weighted by Crippen LogP contribution is 2.40. The summed E-state index contributed by atoms with van der Waals surface area (Å²) in [5.74, 6) is -1.59. The number of carboxylic acid groups (broad SMARTS) is 1. The van der Waals surface area contributed by atoms with Crippen LogP contribution < -0.4 is 10.6 Å². The number of amides is 2. The first-order valence-electron chi connectivity index (χ1n) is 13.3. The summed E-state index contributed by atoms with van der Waals surface area (Å²) < 4.78 is 0. The number of carboxylic acids is 1. The number of carbonyl (C=O) groups excluding carboxylic acids is 2. The van der Waals surface area contributed by atoms with E-state index >= 15 is 0 Å². The van der Waals surface area contributed by atoms with Crippen LogP contribution in [0.5, 0.6) is 0 Å². The molecule has 2 aromatic carbocycles. The molecule has 1 saturated carbocycles. The molecule has 3 N–H and O–H groups in total. The van der Waals surface area contributed by atoms with Gasteiger partial charge < -0.3 is 15.7 Å². The molecule has 0 spiro atoms. The molecular formula is C30H30Cl2N4O4. The Morgan fingerprint density at radius 3 is 2.20 bits per heavy atom. The van der Waals surface area contributed by atoms with Gasteiger partial charge in [0.05, 0.1) is 21.7 Å². The molecule has 3 fully saturated rings. The standard InChI is InChI=1S/C30H30Cl2N4O4/c31-23-15-33-16-24(32)26(23)28(37)34-21-10-6-18(7-11-21)14-25(30(39)40)35-29(38)27-20-8-12-22(13-9-20)36(27)17-19-4-2-1-3-5-19/h1-7,10-11,15-16,20,22,25,27H,8-9,12-14,17H2,(H,34,37)(H,35,38)(H,39,40)/t20?,22?,25-,27?/m0/s1. The van der Waals surface area contributed by atoms with E-state index in [1.54, 1.807) is 24.3 Å². The van der Waals surface area contributed by atoms with Crippen molar-refractivity contribution in [2.24, 2.45) is 5.92 Å². The number of anilines is 1. The zero-order valence-corrected chi connectivity index (χ0v) is 23.2. The fourth-order valence-electron chi connectivity index (χ4n) is 5.87. The van der Waals surface area contributed by atoms with Gasteiger partial charge in [0.1, 0.15) is 6.04 Å². The Morgan fingerprint density at radius 1 is 0.925 bits per heavy atom. The smallest absolute Gasteiger partial charge is 0.326 e. The fraction of sp³-hybridized carbons (Fsp3) is 0.333. The van der Waals surface area contributed by atoms with Gasteiger partial charge in [-0.3, -0.25) is 19.5 Å². The number of fused-ring (bicyclic) bond motifs is 3. The number of piperidine rings is 2. The highest BCUT2D eigenvalue weighted by atomic mass is 35.5. The minimum absolute atomic E-state index is 0.108. The number of benzene rings is 2. The summed E-state index contributed by atoms with van der Waals surface area (Å²) in [6.45, 7) is 0.668. The van der Waals surface area contributed by atoms with Crippen LogP contribution in [0.1, 0.15) is 47.2 Å². The van der Waals surface area contributed by atoms with Crippen molar-refractivity contribution in [1.29, 1.82) is 0 Å². The molecule has 2 atom stereocenters. The van der Waals surface area contributed by atoms with Crippen molar-refractivity contribution in [2.75, 3.05) is 5.32 Å². The van der Waals surface area contributed by atoms with Crippen molar-refractivity contribution in [3.8, 4) is 0 Å². The van der Waals surface area contributed by atoms with Crippen LogP contribution in [0.4, 0.5) is 5.69 Å². The normalized spacial score (nSPS) is 21.0. The van der Waals surface area contributed by atoms with E-state index in [9.17, 15) is 19.5 Å². The Labute approximate surface area is 242 Å². The maximum absolute atomic E-state index is 13.6. The minimum Gasteiger partial charge on any atom is -0.480 e. The lowest BCUT2D eigenvalue weighted by Crippen LogP contribution is -2.62. The van der Waals surface area contributed by atoms with E-state index < -0.39 is 17.9 Å². The molecule has 6 rings (SSSR count). The molecule has 2 bridgehead atoms. The van der Waals surface area contributed by atoms with Gasteiger partial charge in [0, 0.05) is 37.1 Å². The maximum atomic E-state index is 13.6. The van der Waals surface area contributed by atoms with Crippen LogP contribution in [-0.2, 0) is 22.6 Å². The molecule has 1 unspecified atom stereocenters. The number of halogens is 2. The number of aliphatic carboxylic acids is 1. The van der Waals surface area contributed by atoms with Gasteiger partial charge in [-0.05, 0) is 54.9 Å². The summed E-state index contributed by atoms with van der Waals surface area (Å²) in [4.78, 5) is 44.5. The highest BCUT2D eigenvalue weighted by Gasteiger charge is 2.45. The van der Waals surface area contributed by atoms with Crippen LogP contribution in [0, 0.1) is 5.92 Å². The van der Waals surface area contributed by atoms with Crippen LogP contribution in [0.3, 0.4) is 0 Å². The molecule has 8 nitrogen and oxygen atoms in total. The van der Waals surface area contributed by atoms with Gasteiger partial charge in [-0.25, -0.2) is 4.79 Å². The Kier molecular flexibility index (Phi) is 8.69. The number of nitrogens with one attached hydrogen (secondary N) is 2. The first-order chi connectivity index (χ1) is 19.3. The Balaban J connectivity index is 1.25. The molecule has 1 aromatic heterocycles. The number of pyridine rings is 1. The molecule has 3 aliphatic rings. The van der Waals surface area contributed by atoms with E-state index in [2.05, 4.69) is 32.7 Å². The number of aromatic nitrogens is 1. The first-order valence-corrected chi connectivity index (χ1v) is 14.1. The quantitative estimate of drug-likeness (QED) is 0.321. The average molecular weight is 582 g/mol. The SMILES string of the molecule is O=C(Nc1ccc(C[C@H](NC(=O)C2C3CCC(CC3)N2Cc2ccccc2)C(=O)O)cc1)c1c(Cl)cncc1Cl. The summed E-state index contributed by atoms with van der Waals surface area (Å²) in [6, 6.07) is 15.7. The van der Waals surface area contributed by atoms with Crippen LogP contribution in [0.15, 0.2) is 67.0 Å². The molecule has 208 valence electrons. The predicted molar refractivity (Wildman–Crippen MR) is 153 cm³/mol. The molecule has 2 amide bonds. The van der Waals surface area contributed by atoms with E-state index in [1.165, 1.54) is 12.4 Å². The molecule has 40 heavy (non-hydrogen) atoms. The maximum Gasteiger partial charge on any atom is 0.326 e. The monoisotopic (exact) mass is 580 g/mol. The van der Waals surface area contributed by atoms with Crippen molar-refractivity contribution in [3.05, 3.63) is 93.7 Å². The topological polar surface area (TPSA) is 112 Å². The number of carbonyl (C=O) groups is 3. The Morgan fingerprint density at radius 2 is 1.57 bits per heavy atom. The molecule has 3 heterocycles. The molecule has 3 aromatic rings. The molecule has 10 heteroatoms. The van der Waals surface area contributed by atoms with E-state index in [0.717, 1.165) is 31.2 Å². The third kappa shape index (κ3) is 6.30. The lowest BCUT2D eigenvalue weighted by atomic mass is 9.74. The second-order valence-corrected chi connectivity index (χ2v) is 11.2. The molecule has 2 saturated heterocycles. The van der Waals surface area contributed by atoms with Crippen LogP contribution in [0.25, 0.3) is 0 Å². The molecular weight excluding hydrogens is 551 g/mol. The zero-order chi connectivity index (χ0) is 28.2. The summed E-state index contributed by atoms with van der Waals surface area (Å²) in [6.07, 6.45) is 6.87. The van der Waals surface area contributed by atoms with Gasteiger partial charge in [0.15, 0.2) is 0 Å². The number of nitrogens with zero attached hydrogens (tertiary/aromatic N) is 2. The van der Waals surface area contributed by atoms with E-state index in [-0.39, 0.29) is 39.9 Å². The largest absolute Gasteiger partial charge is 0.480 e. The van der Waals surface area contributed by atoms with Crippen LogP contribution in [-0.4, -0.2) is 50.9 Å². The van der Waals surface area contributed by atoms with E-state index in [1.807, 2.05) is 18.2 Å². The minimum atomic E-state index is -1.09. The first kappa shape index (κ1) is 28.1. The lowest BCUT2D eigenvalue weighted by molar-refractivity contribution is -0.145. The molecule has 2 aliphatic heterocycles. The summed E-state index contributed by atoms with van der Waals surface area (Å²) in [7, 11) is 0. The summed E-state index contributed by atoms with van der Waals surface area (Å²) in [5, 5.41) is 15.8. The lowest BCUT2D eigenvalue weighted by Gasteiger charge is -2.50. The highest BCUT2D eigenvalue weighted by molar-refractivity contribution is 6.40. The van der Waals surface area contributed by atoms with Gasteiger partial charge in [0.25, 0.3) is 5.91 Å². The van der Waals surface area contributed by atoms with Gasteiger partial charge in [0.2, 0.25) is 5.91 Å². The number of hydrogen-bond donors (Lipinski definition) is 3. The van der Waals surface area contributed by atoms with Gasteiger partial charge in [-0.15, -0.1) is 0 Å². The van der Waals surface area contributed by atoms with Gasteiger partial charge >= 0.3 is 5.97 Å². The van der Waals surface area contributed by atoms with Crippen molar-refractivity contribution >= 4 is 46.7 Å². The van der Waals surface area contributed by atoms with Crippen molar-refractivity contribution in [2.45, 2.75) is 56.8 Å². The van der Waals surface area contributed by atoms with Crippen molar-refractivity contribution < 1.29 is 19.5 Å². The zero-order valence-electron chi connectivity index (χ0n) is 21.7. The van der Waals surface area contributed by atoms with E-state index in [4.69, 9.17) is 23.2 Å². The third-order valence-electron chi connectivity index (χ3n) is 7.84. The Bertz CT molecular complexity index is 1360. The van der Waals surface area contributed by atoms with Gasteiger partial charge in [-0.2, -0.15) is 0 Å².